The molecule has 23 heavy (non-hydrogen) atoms. The van der Waals surface area contributed by atoms with E-state index in [-0.39, 0.29) is 5.41 Å². The van der Waals surface area contributed by atoms with E-state index in [0.717, 1.165) is 5.56 Å². The van der Waals surface area contributed by atoms with Crippen LogP contribution in [0.1, 0.15) is 54.8 Å². The molecule has 2 rings (SSSR count). The maximum absolute atomic E-state index is 12.4. The molecule has 1 unspecified atom stereocenters. The summed E-state index contributed by atoms with van der Waals surface area (Å²) in [6.45, 7) is 6.26. The molecule has 0 aliphatic heterocycles. The number of ketones is 2. The van der Waals surface area contributed by atoms with Gasteiger partial charge in [-0.2, -0.15) is 0 Å². The molecule has 0 aliphatic carbocycles. The lowest BCUT2D eigenvalue weighted by Crippen LogP contribution is -2.12. The Morgan fingerprint density at radius 3 is 1.74 bits per heavy atom. The highest BCUT2D eigenvalue weighted by atomic mass is 16.5. The Morgan fingerprint density at radius 2 is 1.35 bits per heavy atom. The third-order valence-electron chi connectivity index (χ3n) is 3.67. The molecule has 0 saturated carbocycles. The average molecular weight is 311 g/mol. The van der Waals surface area contributed by atoms with Gasteiger partial charge in [-0.25, -0.2) is 0 Å². The number of carbonyl (C=O) groups excluding carboxylic acids is 2. The first-order chi connectivity index (χ1) is 11.2. The van der Waals surface area contributed by atoms with Gasteiger partial charge in [-0.15, -0.1) is 0 Å². The number of Topliss-reactive ketones (excluding diaryl/α,β-unsaturated/α-hetero) is 2. The predicted octanol–water partition coefficient (Wildman–Crippen LogP) is 4.45. The Bertz CT molecular complexity index is 725. The zero-order valence-electron chi connectivity index (χ0n) is 14.9. The highest BCUT2D eigenvalue weighted by molar-refractivity contribution is 6.13. The Hall–Kier alpha value is -2.42. The van der Waals surface area contributed by atoms with Crippen LogP contribution in [0.4, 0.5) is 0 Å². The van der Waals surface area contributed by atoms with Crippen molar-refractivity contribution < 1.29 is 15.7 Å². The van der Waals surface area contributed by atoms with Crippen LogP contribution >= 0.6 is 0 Å². The molecule has 0 aromatic heterocycles. The molecule has 0 bridgehead atoms. The van der Waals surface area contributed by atoms with Crippen LogP contribution in [0.25, 0.3) is 0 Å². The lowest BCUT2D eigenvalue weighted by molar-refractivity contribution is 0.0894. The fraction of sp³-hybridized carbons (Fsp3) is 0.300. The molecule has 0 fully saturated rings. The minimum Gasteiger partial charge on any atom is -0.497 e. The summed E-state index contributed by atoms with van der Waals surface area (Å²) in [5.74, 6) is -0.379. The van der Waals surface area contributed by atoms with Crippen molar-refractivity contribution in [3.8, 4) is 5.75 Å². The van der Waals surface area contributed by atoms with Crippen LogP contribution in [0, 0.1) is 0 Å². The van der Waals surface area contributed by atoms with Gasteiger partial charge >= 0.3 is 0 Å². The minimum atomic E-state index is -1.46. The Balaban J connectivity index is 2.17. The summed E-state index contributed by atoms with van der Waals surface area (Å²) in [5.41, 5.74) is 1.79. The maximum Gasteiger partial charge on any atom is 0.170 e. The van der Waals surface area contributed by atoms with Gasteiger partial charge in [0.1, 0.15) is 5.75 Å². The highest BCUT2D eigenvalue weighted by Crippen LogP contribution is 2.22. The first kappa shape index (κ1) is 15.5. The van der Waals surface area contributed by atoms with Gasteiger partial charge in [0.25, 0.3) is 0 Å². The first-order valence-electron chi connectivity index (χ1n) is 8.07. The van der Waals surface area contributed by atoms with Crippen LogP contribution in [-0.4, -0.2) is 18.7 Å². The zero-order valence-corrected chi connectivity index (χ0v) is 13.9. The van der Waals surface area contributed by atoms with Crippen LogP contribution in [0.3, 0.4) is 0 Å². The van der Waals surface area contributed by atoms with E-state index in [4.69, 9.17) is 6.11 Å². The monoisotopic (exact) mass is 311 g/mol. The van der Waals surface area contributed by atoms with E-state index in [0.29, 0.717) is 16.9 Å². The minimum absolute atomic E-state index is 0.0130. The van der Waals surface area contributed by atoms with Crippen molar-refractivity contribution >= 4 is 11.6 Å². The van der Waals surface area contributed by atoms with Gasteiger partial charge < -0.3 is 4.74 Å². The van der Waals surface area contributed by atoms with E-state index in [1.807, 2.05) is 12.1 Å². The van der Waals surface area contributed by atoms with Crippen molar-refractivity contribution in [1.82, 2.24) is 0 Å². The predicted molar refractivity (Wildman–Crippen MR) is 91.4 cm³/mol. The van der Waals surface area contributed by atoms with Crippen LogP contribution in [0.15, 0.2) is 48.5 Å². The van der Waals surface area contributed by atoms with Gasteiger partial charge in [0, 0.05) is 12.5 Å². The average Bonchev–Trinajstić information content (AvgIpc) is 2.59. The standard InChI is InChI=1S/C20H22O3/c1-20(2,3)16-9-5-14(6-10-16)18(21)13-19(22)15-7-11-17(23-4)12-8-15/h5-12H,13H2,1-4H3/i13D. The molecule has 3 heteroatoms. The van der Waals surface area contributed by atoms with E-state index in [1.165, 1.54) is 7.11 Å². The molecule has 2 aromatic rings. The van der Waals surface area contributed by atoms with Gasteiger partial charge in [0.2, 0.25) is 0 Å². The molecule has 0 spiro atoms. The van der Waals surface area contributed by atoms with Crippen molar-refractivity contribution in [2.45, 2.75) is 32.6 Å². The summed E-state index contributed by atoms with van der Waals surface area (Å²) in [5, 5.41) is 0. The molecule has 0 heterocycles. The van der Waals surface area contributed by atoms with E-state index < -0.39 is 18.0 Å². The number of rotatable bonds is 5. The van der Waals surface area contributed by atoms with Crippen molar-refractivity contribution in [1.29, 1.82) is 0 Å². The lowest BCUT2D eigenvalue weighted by Gasteiger charge is -2.18. The second-order valence-electron chi connectivity index (χ2n) is 6.43. The number of ether oxygens (including phenoxy) is 1. The van der Waals surface area contributed by atoms with Gasteiger partial charge in [-0.3, -0.25) is 9.59 Å². The summed E-state index contributed by atoms with van der Waals surface area (Å²) >= 11 is 0. The molecule has 2 aromatic carbocycles. The van der Waals surface area contributed by atoms with Gasteiger partial charge in [-0.05, 0) is 35.2 Å². The quantitative estimate of drug-likeness (QED) is 0.605. The molecule has 0 radical (unpaired) electrons. The van der Waals surface area contributed by atoms with Crippen LogP contribution < -0.4 is 4.74 Å². The highest BCUT2D eigenvalue weighted by Gasteiger charge is 2.16. The second-order valence-corrected chi connectivity index (χ2v) is 6.43. The third-order valence-corrected chi connectivity index (χ3v) is 3.67. The summed E-state index contributed by atoms with van der Waals surface area (Å²) in [6, 6.07) is 13.5. The molecule has 0 saturated heterocycles. The molecule has 3 nitrogen and oxygen atoms in total. The number of carbonyl (C=O) groups is 2. The number of hydrogen-bond acceptors (Lipinski definition) is 3. The van der Waals surface area contributed by atoms with Crippen molar-refractivity contribution in [3.63, 3.8) is 0 Å². The SMILES string of the molecule is [2H]C(C(=O)c1ccc(OC)cc1)C(=O)c1ccc(C(C)(C)C)cc1. The van der Waals surface area contributed by atoms with E-state index >= 15 is 0 Å². The Morgan fingerprint density at radius 1 is 0.913 bits per heavy atom. The molecule has 0 amide bonds. The summed E-state index contributed by atoms with van der Waals surface area (Å²) in [4.78, 5) is 24.7. The summed E-state index contributed by atoms with van der Waals surface area (Å²) < 4.78 is 13.0. The fourth-order valence-corrected chi connectivity index (χ4v) is 2.18. The summed E-state index contributed by atoms with van der Waals surface area (Å²) in [7, 11) is 1.54. The van der Waals surface area contributed by atoms with E-state index in [2.05, 4.69) is 20.8 Å². The second kappa shape index (κ2) is 6.78. The van der Waals surface area contributed by atoms with Crippen molar-refractivity contribution in [3.05, 3.63) is 65.2 Å². The zero-order chi connectivity index (χ0) is 17.9. The maximum atomic E-state index is 12.4. The molecule has 120 valence electrons. The van der Waals surface area contributed by atoms with Crippen molar-refractivity contribution in [2.24, 2.45) is 0 Å². The topological polar surface area (TPSA) is 43.4 Å². The van der Waals surface area contributed by atoms with Gasteiger partial charge in [0.05, 0.1) is 13.5 Å². The molecule has 0 aliphatic rings. The molecular formula is C20H22O3. The molecular weight excluding hydrogens is 288 g/mol. The number of methoxy groups -OCH3 is 1. The first-order valence-corrected chi connectivity index (χ1v) is 7.49. The Kier molecular flexibility index (Phi) is 4.56. The number of benzene rings is 2. The van der Waals surface area contributed by atoms with E-state index in [9.17, 15) is 9.59 Å². The number of hydrogen-bond donors (Lipinski definition) is 0. The third kappa shape index (κ3) is 4.28. The van der Waals surface area contributed by atoms with Crippen LogP contribution in [0.5, 0.6) is 5.75 Å². The van der Waals surface area contributed by atoms with Crippen LogP contribution in [-0.2, 0) is 5.41 Å². The lowest BCUT2D eigenvalue weighted by atomic mass is 9.86. The van der Waals surface area contributed by atoms with Crippen molar-refractivity contribution in [2.75, 3.05) is 7.11 Å². The Labute approximate surface area is 138 Å². The van der Waals surface area contributed by atoms with Gasteiger partial charge in [-0.1, -0.05) is 45.0 Å². The van der Waals surface area contributed by atoms with Gasteiger partial charge in [0.15, 0.2) is 11.6 Å². The fourth-order valence-electron chi connectivity index (χ4n) is 2.18. The largest absolute Gasteiger partial charge is 0.497 e. The normalized spacial score (nSPS) is 13.1. The smallest absolute Gasteiger partial charge is 0.170 e. The van der Waals surface area contributed by atoms with E-state index in [1.54, 1.807) is 36.4 Å². The molecule has 0 N–H and O–H groups in total. The molecule has 1 atom stereocenters. The summed E-state index contributed by atoms with van der Waals surface area (Å²) in [6.07, 6.45) is -1.46. The van der Waals surface area contributed by atoms with Crippen LogP contribution in [0.2, 0.25) is 0 Å².